The van der Waals surface area contributed by atoms with Gasteiger partial charge in [-0.25, -0.2) is 8.78 Å². The number of hydrogen-bond donors (Lipinski definition) is 1. The molecule has 118 valence electrons. The van der Waals surface area contributed by atoms with E-state index in [0.29, 0.717) is 12.3 Å². The normalized spacial score (nSPS) is 27.4. The average molecular weight is 295 g/mol. The Labute approximate surface area is 126 Å². The Morgan fingerprint density at radius 3 is 2.33 bits per heavy atom. The Kier molecular flexibility index (Phi) is 4.72. The van der Waals surface area contributed by atoms with E-state index in [1.54, 1.807) is 0 Å². The van der Waals surface area contributed by atoms with Gasteiger partial charge in [0.25, 0.3) is 0 Å². The van der Waals surface area contributed by atoms with E-state index >= 15 is 0 Å². The minimum absolute atomic E-state index is 0.147. The van der Waals surface area contributed by atoms with E-state index in [1.807, 2.05) is 0 Å². The highest BCUT2D eigenvalue weighted by atomic mass is 19.1. The van der Waals surface area contributed by atoms with Crippen LogP contribution in [-0.2, 0) is 6.42 Å². The second-order valence-electron chi connectivity index (χ2n) is 7.73. The molecule has 1 saturated carbocycles. The van der Waals surface area contributed by atoms with Crippen LogP contribution in [0.3, 0.4) is 0 Å². The third kappa shape index (κ3) is 4.03. The van der Waals surface area contributed by atoms with Crippen molar-refractivity contribution in [3.8, 4) is 0 Å². The van der Waals surface area contributed by atoms with Gasteiger partial charge in [-0.3, -0.25) is 0 Å². The molecule has 0 saturated heterocycles. The van der Waals surface area contributed by atoms with Gasteiger partial charge in [-0.2, -0.15) is 0 Å². The van der Waals surface area contributed by atoms with E-state index in [4.69, 9.17) is 5.73 Å². The Morgan fingerprint density at radius 2 is 1.76 bits per heavy atom. The maximum Gasteiger partial charge on any atom is 0.129 e. The first-order chi connectivity index (χ1) is 9.71. The molecule has 2 N–H and O–H groups in total. The van der Waals surface area contributed by atoms with Gasteiger partial charge in [-0.15, -0.1) is 0 Å². The first-order valence-electron chi connectivity index (χ1n) is 7.93. The minimum Gasteiger partial charge on any atom is -0.325 e. The first kappa shape index (κ1) is 16.4. The lowest BCUT2D eigenvalue weighted by Crippen LogP contribution is -2.42. The van der Waals surface area contributed by atoms with Crippen LogP contribution in [0.5, 0.6) is 0 Å². The molecule has 0 amide bonds. The number of benzene rings is 1. The van der Waals surface area contributed by atoms with Crippen molar-refractivity contribution in [2.45, 2.75) is 64.8 Å². The molecule has 1 fully saturated rings. The van der Waals surface area contributed by atoms with Gasteiger partial charge in [0.05, 0.1) is 0 Å². The fourth-order valence-electron chi connectivity index (χ4n) is 3.53. The summed E-state index contributed by atoms with van der Waals surface area (Å²) in [6.07, 6.45) is 5.20. The molecular formula is C18H27F2N. The highest BCUT2D eigenvalue weighted by molar-refractivity contribution is 5.22. The zero-order valence-electron chi connectivity index (χ0n) is 13.4. The van der Waals surface area contributed by atoms with E-state index in [1.165, 1.54) is 18.2 Å². The molecule has 2 rings (SSSR count). The van der Waals surface area contributed by atoms with Gasteiger partial charge in [0.1, 0.15) is 11.6 Å². The van der Waals surface area contributed by atoms with E-state index < -0.39 is 17.2 Å². The van der Waals surface area contributed by atoms with Crippen LogP contribution in [0.1, 0.15) is 58.4 Å². The zero-order valence-corrected chi connectivity index (χ0v) is 13.4. The van der Waals surface area contributed by atoms with Crippen molar-refractivity contribution >= 4 is 0 Å². The standard InChI is InChI=1S/C18H27F2N/c1-17(2,3)13-6-5-10-18(21,11-9-13)12-14-15(19)7-4-8-16(14)20/h4,7-8,13H,5-6,9-12,21H2,1-3H3. The Morgan fingerprint density at radius 1 is 1.14 bits per heavy atom. The summed E-state index contributed by atoms with van der Waals surface area (Å²) < 4.78 is 27.7. The highest BCUT2D eigenvalue weighted by Gasteiger charge is 2.34. The molecular weight excluding hydrogens is 268 g/mol. The summed E-state index contributed by atoms with van der Waals surface area (Å²) in [6, 6.07) is 4.03. The van der Waals surface area contributed by atoms with Crippen LogP contribution in [0, 0.1) is 23.0 Å². The van der Waals surface area contributed by atoms with E-state index in [2.05, 4.69) is 20.8 Å². The minimum atomic E-state index is -0.483. The van der Waals surface area contributed by atoms with Crippen LogP contribution < -0.4 is 5.73 Å². The summed E-state index contributed by atoms with van der Waals surface area (Å²) in [5.41, 5.74) is 6.44. The van der Waals surface area contributed by atoms with Crippen LogP contribution in [0.15, 0.2) is 18.2 Å². The predicted molar refractivity (Wildman–Crippen MR) is 83.0 cm³/mol. The quantitative estimate of drug-likeness (QED) is 0.777. The van der Waals surface area contributed by atoms with Gasteiger partial charge in [0, 0.05) is 11.1 Å². The largest absolute Gasteiger partial charge is 0.325 e. The molecule has 21 heavy (non-hydrogen) atoms. The fourth-order valence-corrected chi connectivity index (χ4v) is 3.53. The summed E-state index contributed by atoms with van der Waals surface area (Å²) in [4.78, 5) is 0. The molecule has 1 nitrogen and oxygen atoms in total. The van der Waals surface area contributed by atoms with E-state index in [9.17, 15) is 8.78 Å². The number of halogens is 2. The Bertz CT molecular complexity index is 472. The summed E-state index contributed by atoms with van der Waals surface area (Å²) in [6.45, 7) is 6.78. The topological polar surface area (TPSA) is 26.0 Å². The molecule has 1 aromatic carbocycles. The molecule has 0 spiro atoms. The number of rotatable bonds is 2. The van der Waals surface area contributed by atoms with Gasteiger partial charge in [-0.05, 0) is 55.6 Å². The van der Waals surface area contributed by atoms with Crippen molar-refractivity contribution in [2.24, 2.45) is 17.1 Å². The molecule has 0 aromatic heterocycles. The first-order valence-corrected chi connectivity index (χ1v) is 7.93. The van der Waals surface area contributed by atoms with Gasteiger partial charge >= 0.3 is 0 Å². The van der Waals surface area contributed by atoms with Gasteiger partial charge in [0.15, 0.2) is 0 Å². The maximum absolute atomic E-state index is 13.8. The predicted octanol–water partition coefficient (Wildman–Crippen LogP) is 4.83. The third-order valence-corrected chi connectivity index (χ3v) is 5.03. The number of nitrogens with two attached hydrogens (primary N) is 1. The van der Waals surface area contributed by atoms with E-state index in [-0.39, 0.29) is 11.0 Å². The fraction of sp³-hybridized carbons (Fsp3) is 0.667. The summed E-state index contributed by atoms with van der Waals surface area (Å²) in [5.74, 6) is -0.318. The van der Waals surface area contributed by atoms with Crippen LogP contribution in [0.25, 0.3) is 0 Å². The van der Waals surface area contributed by atoms with Gasteiger partial charge in [-0.1, -0.05) is 33.3 Å². The zero-order chi connectivity index (χ0) is 15.7. The average Bonchev–Trinajstić information content (AvgIpc) is 2.56. The molecule has 0 aliphatic heterocycles. The molecule has 1 aliphatic carbocycles. The van der Waals surface area contributed by atoms with Crippen molar-refractivity contribution in [1.29, 1.82) is 0 Å². The SMILES string of the molecule is CC(C)(C)C1CCCC(N)(Cc2c(F)cccc2F)CC1. The van der Waals surface area contributed by atoms with Crippen molar-refractivity contribution in [3.05, 3.63) is 35.4 Å². The lowest BCUT2D eigenvalue weighted by Gasteiger charge is -2.31. The molecule has 0 heterocycles. The molecule has 0 radical (unpaired) electrons. The molecule has 0 bridgehead atoms. The lowest BCUT2D eigenvalue weighted by atomic mass is 9.76. The van der Waals surface area contributed by atoms with Crippen LogP contribution in [0.2, 0.25) is 0 Å². The van der Waals surface area contributed by atoms with Crippen LogP contribution >= 0.6 is 0 Å². The van der Waals surface area contributed by atoms with Gasteiger partial charge in [0.2, 0.25) is 0 Å². The van der Waals surface area contributed by atoms with E-state index in [0.717, 1.165) is 32.1 Å². The molecule has 2 atom stereocenters. The monoisotopic (exact) mass is 295 g/mol. The van der Waals surface area contributed by atoms with Crippen molar-refractivity contribution in [3.63, 3.8) is 0 Å². The lowest BCUT2D eigenvalue weighted by molar-refractivity contribution is 0.210. The highest BCUT2D eigenvalue weighted by Crippen LogP contribution is 2.40. The molecule has 1 aliphatic rings. The smallest absolute Gasteiger partial charge is 0.129 e. The van der Waals surface area contributed by atoms with Crippen molar-refractivity contribution in [1.82, 2.24) is 0 Å². The molecule has 3 heteroatoms. The summed E-state index contributed by atoms with van der Waals surface area (Å²) in [5, 5.41) is 0. The number of hydrogen-bond acceptors (Lipinski definition) is 1. The summed E-state index contributed by atoms with van der Waals surface area (Å²) in [7, 11) is 0. The second kappa shape index (κ2) is 6.04. The van der Waals surface area contributed by atoms with Crippen molar-refractivity contribution in [2.75, 3.05) is 0 Å². The van der Waals surface area contributed by atoms with Crippen LogP contribution in [-0.4, -0.2) is 5.54 Å². The Hall–Kier alpha value is -0.960. The molecule has 2 unspecified atom stereocenters. The van der Waals surface area contributed by atoms with Crippen LogP contribution in [0.4, 0.5) is 8.78 Å². The summed E-state index contributed by atoms with van der Waals surface area (Å²) >= 11 is 0. The Balaban J connectivity index is 2.13. The maximum atomic E-state index is 13.8. The second-order valence-corrected chi connectivity index (χ2v) is 7.73. The molecule has 1 aromatic rings. The van der Waals surface area contributed by atoms with Crippen molar-refractivity contribution < 1.29 is 8.78 Å². The van der Waals surface area contributed by atoms with Gasteiger partial charge < -0.3 is 5.73 Å². The third-order valence-electron chi connectivity index (χ3n) is 5.03.